The highest BCUT2D eigenvalue weighted by Gasteiger charge is 2.15. The van der Waals surface area contributed by atoms with Crippen molar-refractivity contribution >= 4 is 17.7 Å². The Bertz CT molecular complexity index is 195. The van der Waals surface area contributed by atoms with Crippen LogP contribution in [0.15, 0.2) is 0 Å². The largest absolute Gasteiger partial charge is 0.355 e. The fourth-order valence-electron chi connectivity index (χ4n) is 1.13. The van der Waals surface area contributed by atoms with Gasteiger partial charge in [0.25, 0.3) is 0 Å². The first-order chi connectivity index (χ1) is 7.45. The van der Waals surface area contributed by atoms with Gasteiger partial charge in [0.05, 0.1) is 6.04 Å². The van der Waals surface area contributed by atoms with Gasteiger partial charge in [-0.2, -0.15) is 11.8 Å². The molecule has 0 rings (SSSR count). The molecule has 0 radical (unpaired) electrons. The summed E-state index contributed by atoms with van der Waals surface area (Å²) in [4.78, 5) is 11.5. The van der Waals surface area contributed by atoms with Crippen molar-refractivity contribution in [2.24, 2.45) is 17.6 Å². The van der Waals surface area contributed by atoms with Crippen LogP contribution in [0.2, 0.25) is 0 Å². The van der Waals surface area contributed by atoms with Gasteiger partial charge in [0.1, 0.15) is 0 Å². The van der Waals surface area contributed by atoms with Gasteiger partial charge in [-0.05, 0) is 29.8 Å². The van der Waals surface area contributed by atoms with Gasteiger partial charge in [0.15, 0.2) is 0 Å². The van der Waals surface area contributed by atoms with Crippen LogP contribution in [0.25, 0.3) is 0 Å². The predicted octanol–water partition coefficient (Wildman–Crippen LogP) is 1.87. The molecule has 1 amide bonds. The summed E-state index contributed by atoms with van der Waals surface area (Å²) in [6.45, 7) is 9.10. The van der Waals surface area contributed by atoms with Crippen molar-refractivity contribution in [3.05, 3.63) is 0 Å². The molecular formula is C12H26N2OS. The first-order valence-electron chi connectivity index (χ1n) is 6.06. The fraction of sp³-hybridized carbons (Fsp3) is 0.917. The minimum absolute atomic E-state index is 0.0242. The molecule has 0 fully saturated rings. The molecule has 0 aromatic heterocycles. The molecule has 3 N–H and O–H groups in total. The third kappa shape index (κ3) is 7.99. The Morgan fingerprint density at radius 2 is 1.94 bits per heavy atom. The van der Waals surface area contributed by atoms with Gasteiger partial charge in [0.2, 0.25) is 5.91 Å². The van der Waals surface area contributed by atoms with Gasteiger partial charge in [-0.25, -0.2) is 0 Å². The number of thioether (sulfide) groups is 1. The Kier molecular flexibility index (Phi) is 8.76. The van der Waals surface area contributed by atoms with Gasteiger partial charge in [-0.15, -0.1) is 0 Å². The van der Waals surface area contributed by atoms with E-state index in [1.165, 1.54) is 5.75 Å². The standard InChI is InChI=1S/C12H26N2OS/c1-9(2)8-16-7-5-6-14-12(15)11(13)10(3)4/h9-11H,5-8,13H2,1-4H3,(H,14,15)/t11-/m0/s1. The van der Waals surface area contributed by atoms with Crippen molar-refractivity contribution in [2.45, 2.75) is 40.2 Å². The van der Waals surface area contributed by atoms with Gasteiger partial charge >= 0.3 is 0 Å². The smallest absolute Gasteiger partial charge is 0.237 e. The minimum atomic E-state index is -0.372. The van der Waals surface area contributed by atoms with Gasteiger partial charge in [0, 0.05) is 6.54 Å². The van der Waals surface area contributed by atoms with E-state index in [0.29, 0.717) is 0 Å². The summed E-state index contributed by atoms with van der Waals surface area (Å²) in [5, 5.41) is 2.87. The van der Waals surface area contributed by atoms with E-state index in [1.807, 2.05) is 25.6 Å². The molecule has 4 heteroatoms. The van der Waals surface area contributed by atoms with Crippen LogP contribution in [0.5, 0.6) is 0 Å². The number of hydrogen-bond acceptors (Lipinski definition) is 3. The minimum Gasteiger partial charge on any atom is -0.355 e. The van der Waals surface area contributed by atoms with Crippen LogP contribution in [0, 0.1) is 11.8 Å². The van der Waals surface area contributed by atoms with Crippen LogP contribution in [-0.2, 0) is 4.79 Å². The van der Waals surface area contributed by atoms with Crippen LogP contribution in [-0.4, -0.2) is 30.0 Å². The molecule has 16 heavy (non-hydrogen) atoms. The number of nitrogens with one attached hydrogen (secondary N) is 1. The molecule has 0 aliphatic rings. The predicted molar refractivity (Wildman–Crippen MR) is 72.6 cm³/mol. The number of hydrogen-bond donors (Lipinski definition) is 2. The molecular weight excluding hydrogens is 220 g/mol. The lowest BCUT2D eigenvalue weighted by atomic mass is 10.1. The highest BCUT2D eigenvalue weighted by atomic mass is 32.2. The lowest BCUT2D eigenvalue weighted by Gasteiger charge is -2.15. The molecule has 0 saturated carbocycles. The van der Waals surface area contributed by atoms with Crippen molar-refractivity contribution < 1.29 is 4.79 Å². The van der Waals surface area contributed by atoms with Crippen molar-refractivity contribution in [1.82, 2.24) is 5.32 Å². The van der Waals surface area contributed by atoms with Crippen molar-refractivity contribution in [1.29, 1.82) is 0 Å². The third-order valence-corrected chi connectivity index (χ3v) is 3.72. The Balaban J connectivity index is 3.41. The molecule has 0 unspecified atom stereocenters. The molecule has 0 spiro atoms. The van der Waals surface area contributed by atoms with E-state index in [4.69, 9.17) is 5.73 Å². The topological polar surface area (TPSA) is 55.1 Å². The number of rotatable bonds is 8. The Labute approximate surface area is 104 Å². The first kappa shape index (κ1) is 15.8. The molecule has 3 nitrogen and oxygen atoms in total. The zero-order valence-electron chi connectivity index (χ0n) is 11.0. The van der Waals surface area contributed by atoms with Gasteiger partial charge in [-0.3, -0.25) is 4.79 Å². The third-order valence-electron chi connectivity index (χ3n) is 2.24. The maximum atomic E-state index is 11.5. The maximum absolute atomic E-state index is 11.5. The molecule has 1 atom stereocenters. The van der Waals surface area contributed by atoms with Crippen LogP contribution in [0.3, 0.4) is 0 Å². The summed E-state index contributed by atoms with van der Waals surface area (Å²) in [5.74, 6) is 3.22. The number of carbonyl (C=O) groups is 1. The Morgan fingerprint density at radius 1 is 1.31 bits per heavy atom. The highest BCUT2D eigenvalue weighted by molar-refractivity contribution is 7.99. The summed E-state index contributed by atoms with van der Waals surface area (Å²) in [6.07, 6.45) is 1.02. The average molecular weight is 246 g/mol. The van der Waals surface area contributed by atoms with E-state index < -0.39 is 0 Å². The number of carbonyl (C=O) groups excluding carboxylic acids is 1. The zero-order chi connectivity index (χ0) is 12.6. The second kappa shape index (κ2) is 8.88. The van der Waals surface area contributed by atoms with E-state index in [2.05, 4.69) is 19.2 Å². The molecule has 0 heterocycles. The number of amides is 1. The van der Waals surface area contributed by atoms with Gasteiger partial charge in [-0.1, -0.05) is 27.7 Å². The lowest BCUT2D eigenvalue weighted by Crippen LogP contribution is -2.44. The quantitative estimate of drug-likeness (QED) is 0.643. The van der Waals surface area contributed by atoms with Crippen LogP contribution in [0.4, 0.5) is 0 Å². The second-order valence-corrected chi connectivity index (χ2v) is 6.03. The zero-order valence-corrected chi connectivity index (χ0v) is 11.8. The Morgan fingerprint density at radius 3 is 2.44 bits per heavy atom. The molecule has 96 valence electrons. The second-order valence-electron chi connectivity index (χ2n) is 4.88. The van der Waals surface area contributed by atoms with Crippen LogP contribution >= 0.6 is 11.8 Å². The van der Waals surface area contributed by atoms with Gasteiger partial charge < -0.3 is 11.1 Å². The molecule has 0 bridgehead atoms. The maximum Gasteiger partial charge on any atom is 0.237 e. The van der Waals surface area contributed by atoms with Crippen LogP contribution in [0.1, 0.15) is 34.1 Å². The highest BCUT2D eigenvalue weighted by Crippen LogP contribution is 2.08. The SMILES string of the molecule is CC(C)CSCCCNC(=O)[C@@H](N)C(C)C. The molecule has 0 saturated heterocycles. The monoisotopic (exact) mass is 246 g/mol. The summed E-state index contributed by atoms with van der Waals surface area (Å²) >= 11 is 1.95. The van der Waals surface area contributed by atoms with E-state index in [9.17, 15) is 4.79 Å². The first-order valence-corrected chi connectivity index (χ1v) is 7.21. The van der Waals surface area contributed by atoms with E-state index in [1.54, 1.807) is 0 Å². The van der Waals surface area contributed by atoms with Crippen molar-refractivity contribution in [3.63, 3.8) is 0 Å². The molecule has 0 aliphatic carbocycles. The fourth-order valence-corrected chi connectivity index (χ4v) is 2.11. The average Bonchev–Trinajstić information content (AvgIpc) is 2.21. The van der Waals surface area contributed by atoms with E-state index in [-0.39, 0.29) is 17.9 Å². The molecule has 0 aromatic rings. The van der Waals surface area contributed by atoms with Crippen molar-refractivity contribution in [3.8, 4) is 0 Å². The normalized spacial score (nSPS) is 13.2. The summed E-state index contributed by atoms with van der Waals surface area (Å²) in [5.41, 5.74) is 5.72. The van der Waals surface area contributed by atoms with Crippen LogP contribution < -0.4 is 11.1 Å². The molecule has 0 aliphatic heterocycles. The molecule has 0 aromatic carbocycles. The Hall–Kier alpha value is -0.220. The summed E-state index contributed by atoms with van der Waals surface area (Å²) in [6, 6.07) is -0.372. The van der Waals surface area contributed by atoms with Crippen molar-refractivity contribution in [2.75, 3.05) is 18.1 Å². The summed E-state index contributed by atoms with van der Waals surface area (Å²) < 4.78 is 0. The lowest BCUT2D eigenvalue weighted by molar-refractivity contribution is -0.123. The summed E-state index contributed by atoms with van der Waals surface area (Å²) in [7, 11) is 0. The van der Waals surface area contributed by atoms with E-state index >= 15 is 0 Å². The number of nitrogens with two attached hydrogens (primary N) is 1. The van der Waals surface area contributed by atoms with E-state index in [0.717, 1.165) is 24.6 Å².